The molecule has 1 aromatic heterocycles. The second kappa shape index (κ2) is 4.54. The summed E-state index contributed by atoms with van der Waals surface area (Å²) in [5.41, 5.74) is 2.54. The lowest BCUT2D eigenvalue weighted by molar-refractivity contribution is -0.0765. The Balaban J connectivity index is 1.65. The molecule has 2 fully saturated rings. The van der Waals surface area contributed by atoms with E-state index < -0.39 is 0 Å². The van der Waals surface area contributed by atoms with E-state index in [2.05, 4.69) is 47.6 Å². The van der Waals surface area contributed by atoms with Gasteiger partial charge < -0.3 is 0 Å². The molecule has 0 radical (unpaired) electrons. The molecule has 3 unspecified atom stereocenters. The lowest BCUT2D eigenvalue weighted by Gasteiger charge is -2.57. The normalized spacial score (nSPS) is 30.2. The molecule has 0 saturated carbocycles. The SMILES string of the molecule is Cc1nn(C)cc1CN1C2CC1CN(C(C)S)C2. The van der Waals surface area contributed by atoms with E-state index in [1.54, 1.807) is 0 Å². The minimum absolute atomic E-state index is 0.387. The number of aromatic nitrogens is 2. The Hall–Kier alpha value is -0.520. The minimum Gasteiger partial charge on any atom is -0.290 e. The monoisotopic (exact) mass is 266 g/mol. The summed E-state index contributed by atoms with van der Waals surface area (Å²) >= 11 is 4.54. The van der Waals surface area contributed by atoms with Crippen LogP contribution in [0.15, 0.2) is 6.20 Å². The van der Waals surface area contributed by atoms with Gasteiger partial charge in [0.05, 0.1) is 11.1 Å². The first-order chi connectivity index (χ1) is 8.54. The maximum Gasteiger partial charge on any atom is 0.0638 e. The topological polar surface area (TPSA) is 24.3 Å². The average Bonchev–Trinajstić information content (AvgIpc) is 2.64. The zero-order valence-electron chi connectivity index (χ0n) is 11.4. The van der Waals surface area contributed by atoms with Crippen LogP contribution in [0, 0.1) is 6.92 Å². The molecule has 0 N–H and O–H groups in total. The van der Waals surface area contributed by atoms with Gasteiger partial charge in [-0.3, -0.25) is 14.5 Å². The van der Waals surface area contributed by atoms with Gasteiger partial charge in [-0.25, -0.2) is 0 Å². The van der Waals surface area contributed by atoms with Crippen LogP contribution in [0.3, 0.4) is 0 Å². The third-order valence-electron chi connectivity index (χ3n) is 4.37. The highest BCUT2D eigenvalue weighted by Crippen LogP contribution is 2.35. The number of rotatable bonds is 3. The van der Waals surface area contributed by atoms with Crippen molar-refractivity contribution in [2.45, 2.75) is 44.3 Å². The van der Waals surface area contributed by atoms with E-state index in [4.69, 9.17) is 0 Å². The molecule has 3 atom stereocenters. The van der Waals surface area contributed by atoms with Crippen LogP contribution < -0.4 is 0 Å². The smallest absolute Gasteiger partial charge is 0.0638 e. The van der Waals surface area contributed by atoms with Gasteiger partial charge in [-0.05, 0) is 20.3 Å². The number of fused-ring (bicyclic) bond motifs is 2. The molecule has 0 aromatic carbocycles. The molecule has 0 spiro atoms. The van der Waals surface area contributed by atoms with Crippen LogP contribution in [0.25, 0.3) is 0 Å². The van der Waals surface area contributed by atoms with Gasteiger partial charge in [0.2, 0.25) is 0 Å². The number of piperidine rings is 1. The summed E-state index contributed by atoms with van der Waals surface area (Å²) in [6.07, 6.45) is 3.51. The second-order valence-electron chi connectivity index (χ2n) is 5.71. The lowest BCUT2D eigenvalue weighted by atomic mass is 9.87. The van der Waals surface area contributed by atoms with Crippen molar-refractivity contribution < 1.29 is 0 Å². The zero-order chi connectivity index (χ0) is 12.9. The molecule has 18 heavy (non-hydrogen) atoms. The molecular weight excluding hydrogens is 244 g/mol. The number of thiol groups is 1. The van der Waals surface area contributed by atoms with E-state index in [9.17, 15) is 0 Å². The van der Waals surface area contributed by atoms with E-state index in [1.165, 1.54) is 30.8 Å². The molecule has 2 bridgehead atoms. The maximum absolute atomic E-state index is 4.54. The number of piperazine rings is 1. The van der Waals surface area contributed by atoms with E-state index in [-0.39, 0.29) is 0 Å². The molecule has 100 valence electrons. The minimum atomic E-state index is 0.387. The fourth-order valence-corrected chi connectivity index (χ4v) is 3.47. The maximum atomic E-state index is 4.54. The zero-order valence-corrected chi connectivity index (χ0v) is 12.3. The summed E-state index contributed by atoms with van der Waals surface area (Å²) in [6.45, 7) is 7.67. The number of hydrogen-bond donors (Lipinski definition) is 1. The summed E-state index contributed by atoms with van der Waals surface area (Å²) in [6, 6.07) is 1.44. The van der Waals surface area contributed by atoms with Crippen LogP contribution in [-0.4, -0.2) is 50.1 Å². The van der Waals surface area contributed by atoms with Crippen molar-refractivity contribution >= 4 is 12.6 Å². The highest BCUT2D eigenvalue weighted by atomic mass is 32.1. The molecule has 3 heterocycles. The molecular formula is C13H22N4S. The Kier molecular flexibility index (Phi) is 3.16. The third kappa shape index (κ3) is 2.08. The van der Waals surface area contributed by atoms with Crippen molar-refractivity contribution in [2.75, 3.05) is 13.1 Å². The molecule has 2 saturated heterocycles. The summed E-state index contributed by atoms with van der Waals surface area (Å²) < 4.78 is 1.92. The summed E-state index contributed by atoms with van der Waals surface area (Å²) in [7, 11) is 2.00. The van der Waals surface area contributed by atoms with Crippen molar-refractivity contribution in [2.24, 2.45) is 7.05 Å². The molecule has 3 rings (SSSR count). The lowest BCUT2D eigenvalue weighted by Crippen LogP contribution is -2.68. The first-order valence-electron chi connectivity index (χ1n) is 6.71. The van der Waals surface area contributed by atoms with E-state index in [1.807, 2.05) is 11.7 Å². The van der Waals surface area contributed by atoms with Crippen molar-refractivity contribution in [1.29, 1.82) is 0 Å². The number of nitrogens with zero attached hydrogens (tertiary/aromatic N) is 4. The van der Waals surface area contributed by atoms with Gasteiger partial charge >= 0.3 is 0 Å². The molecule has 2 aliphatic rings. The van der Waals surface area contributed by atoms with Crippen LogP contribution in [0.4, 0.5) is 0 Å². The van der Waals surface area contributed by atoms with E-state index >= 15 is 0 Å². The Morgan fingerprint density at radius 3 is 2.61 bits per heavy atom. The Labute approximate surface area is 114 Å². The van der Waals surface area contributed by atoms with Crippen LogP contribution in [0.1, 0.15) is 24.6 Å². The van der Waals surface area contributed by atoms with Crippen LogP contribution in [0.2, 0.25) is 0 Å². The molecule has 4 nitrogen and oxygen atoms in total. The van der Waals surface area contributed by atoms with Crippen molar-refractivity contribution in [3.8, 4) is 0 Å². The van der Waals surface area contributed by atoms with E-state index in [0.717, 1.165) is 18.6 Å². The largest absolute Gasteiger partial charge is 0.290 e. The summed E-state index contributed by atoms with van der Waals surface area (Å²) in [5.74, 6) is 0. The molecule has 0 aliphatic carbocycles. The predicted molar refractivity (Wildman–Crippen MR) is 75.7 cm³/mol. The van der Waals surface area contributed by atoms with Gasteiger partial charge in [-0.2, -0.15) is 17.7 Å². The first kappa shape index (κ1) is 12.5. The Morgan fingerprint density at radius 1 is 1.44 bits per heavy atom. The highest BCUT2D eigenvalue weighted by Gasteiger charge is 2.45. The summed E-state index contributed by atoms with van der Waals surface area (Å²) in [4.78, 5) is 5.12. The van der Waals surface area contributed by atoms with Gasteiger partial charge in [-0.1, -0.05) is 0 Å². The van der Waals surface area contributed by atoms with Gasteiger partial charge in [0.25, 0.3) is 0 Å². The van der Waals surface area contributed by atoms with E-state index in [0.29, 0.717) is 5.37 Å². The fourth-order valence-electron chi connectivity index (χ4n) is 3.28. The van der Waals surface area contributed by atoms with Gasteiger partial charge in [0, 0.05) is 50.5 Å². The van der Waals surface area contributed by atoms with Crippen LogP contribution in [0.5, 0.6) is 0 Å². The van der Waals surface area contributed by atoms with Gasteiger partial charge in [-0.15, -0.1) is 0 Å². The highest BCUT2D eigenvalue weighted by molar-refractivity contribution is 7.80. The fraction of sp³-hybridized carbons (Fsp3) is 0.769. The second-order valence-corrected chi connectivity index (χ2v) is 6.46. The quantitative estimate of drug-likeness (QED) is 0.834. The van der Waals surface area contributed by atoms with Crippen LogP contribution in [-0.2, 0) is 13.6 Å². The third-order valence-corrected chi connectivity index (χ3v) is 4.70. The molecule has 5 heteroatoms. The average molecular weight is 266 g/mol. The van der Waals surface area contributed by atoms with Crippen molar-refractivity contribution in [1.82, 2.24) is 19.6 Å². The predicted octanol–water partition coefficient (Wildman–Crippen LogP) is 1.26. The first-order valence-corrected chi connectivity index (χ1v) is 7.23. The molecule has 0 amide bonds. The van der Waals surface area contributed by atoms with Crippen molar-refractivity contribution in [3.63, 3.8) is 0 Å². The Bertz CT molecular complexity index is 430. The molecule has 2 aliphatic heterocycles. The standard InChI is InChI=1S/C13H22N4S/c1-9-11(5-15(3)14-9)6-17-12-4-13(17)8-16(7-12)10(2)18/h5,10,12-13,18H,4,6-8H2,1-3H3. The number of aryl methyl sites for hydroxylation is 2. The Morgan fingerprint density at radius 2 is 2.11 bits per heavy atom. The molecule has 1 aromatic rings. The van der Waals surface area contributed by atoms with Gasteiger partial charge in [0.1, 0.15) is 0 Å². The number of hydrogen-bond acceptors (Lipinski definition) is 4. The summed E-state index contributed by atoms with van der Waals surface area (Å²) in [5, 5.41) is 4.81. The van der Waals surface area contributed by atoms with Gasteiger partial charge in [0.15, 0.2) is 0 Å². The number of likely N-dealkylation sites (tertiary alicyclic amines) is 2. The van der Waals surface area contributed by atoms with Crippen LogP contribution >= 0.6 is 12.6 Å². The van der Waals surface area contributed by atoms with Crippen molar-refractivity contribution in [3.05, 3.63) is 17.5 Å².